The summed E-state index contributed by atoms with van der Waals surface area (Å²) in [4.78, 5) is 17.9. The molecule has 6 heteroatoms. The minimum atomic E-state index is 0.689. The third kappa shape index (κ3) is 3.45. The van der Waals surface area contributed by atoms with Gasteiger partial charge in [-0.25, -0.2) is 0 Å². The van der Waals surface area contributed by atoms with E-state index in [-0.39, 0.29) is 0 Å². The van der Waals surface area contributed by atoms with Crippen LogP contribution in [0, 0.1) is 0 Å². The Kier molecular flexibility index (Phi) is 4.76. The molecule has 1 fully saturated rings. The van der Waals surface area contributed by atoms with Crippen molar-refractivity contribution in [3.63, 3.8) is 0 Å². The molecule has 0 bridgehead atoms. The summed E-state index contributed by atoms with van der Waals surface area (Å²) in [6, 6.07) is 0. The summed E-state index contributed by atoms with van der Waals surface area (Å²) in [7, 11) is 2.01. The van der Waals surface area contributed by atoms with Crippen molar-refractivity contribution >= 4 is 17.8 Å². The molecule has 6 nitrogen and oxygen atoms in total. The molecule has 0 aliphatic carbocycles. The maximum absolute atomic E-state index is 4.58. The first kappa shape index (κ1) is 13.8. The predicted molar refractivity (Wildman–Crippen MR) is 79.0 cm³/mol. The van der Waals surface area contributed by atoms with Crippen LogP contribution >= 0.6 is 0 Å². The van der Waals surface area contributed by atoms with Gasteiger partial charge in [0.1, 0.15) is 0 Å². The van der Waals surface area contributed by atoms with Crippen molar-refractivity contribution in [2.45, 2.75) is 33.1 Å². The first-order valence-electron chi connectivity index (χ1n) is 7.20. The minimum absolute atomic E-state index is 0.689. The third-order valence-electron chi connectivity index (χ3n) is 3.35. The molecule has 1 aromatic heterocycles. The molecule has 0 unspecified atom stereocenters. The second kappa shape index (κ2) is 6.54. The molecular weight excluding hydrogens is 240 g/mol. The molecule has 1 aliphatic rings. The molecule has 19 heavy (non-hydrogen) atoms. The van der Waals surface area contributed by atoms with Gasteiger partial charge in [-0.05, 0) is 26.2 Å². The van der Waals surface area contributed by atoms with E-state index in [1.165, 1.54) is 12.8 Å². The fourth-order valence-electron chi connectivity index (χ4n) is 2.04. The Balaban J connectivity index is 2.24. The van der Waals surface area contributed by atoms with Crippen LogP contribution in [0.4, 0.5) is 17.8 Å². The van der Waals surface area contributed by atoms with Crippen LogP contribution in [0.1, 0.15) is 33.1 Å². The van der Waals surface area contributed by atoms with E-state index >= 15 is 0 Å². The van der Waals surface area contributed by atoms with Crippen molar-refractivity contribution in [1.82, 2.24) is 15.0 Å². The highest BCUT2D eigenvalue weighted by Crippen LogP contribution is 2.19. The maximum atomic E-state index is 4.58. The molecule has 0 atom stereocenters. The van der Waals surface area contributed by atoms with Gasteiger partial charge in [0.05, 0.1) is 0 Å². The van der Waals surface area contributed by atoms with E-state index in [2.05, 4.69) is 39.0 Å². The summed E-state index contributed by atoms with van der Waals surface area (Å²) >= 11 is 0. The van der Waals surface area contributed by atoms with Crippen LogP contribution in [0.15, 0.2) is 0 Å². The van der Waals surface area contributed by atoms with Gasteiger partial charge in [-0.15, -0.1) is 0 Å². The van der Waals surface area contributed by atoms with E-state index in [0.29, 0.717) is 5.95 Å². The topological polar surface area (TPSA) is 57.2 Å². The van der Waals surface area contributed by atoms with Crippen molar-refractivity contribution < 1.29 is 0 Å². The molecule has 0 aromatic carbocycles. The lowest BCUT2D eigenvalue weighted by molar-refractivity contribution is 0.835. The van der Waals surface area contributed by atoms with E-state index < -0.39 is 0 Å². The van der Waals surface area contributed by atoms with Gasteiger partial charge in [0.25, 0.3) is 0 Å². The summed E-state index contributed by atoms with van der Waals surface area (Å²) < 4.78 is 0. The van der Waals surface area contributed by atoms with E-state index in [1.807, 2.05) is 11.9 Å². The number of anilines is 3. The molecule has 2 heterocycles. The Labute approximate surface area is 115 Å². The first-order valence-corrected chi connectivity index (χ1v) is 7.20. The van der Waals surface area contributed by atoms with Crippen molar-refractivity contribution in [2.75, 3.05) is 48.3 Å². The smallest absolute Gasteiger partial charge is 0.231 e. The molecule has 0 saturated carbocycles. The van der Waals surface area contributed by atoms with E-state index in [4.69, 9.17) is 0 Å². The molecular formula is C13H24N6. The highest BCUT2D eigenvalue weighted by molar-refractivity contribution is 5.45. The van der Waals surface area contributed by atoms with Crippen molar-refractivity contribution in [3.05, 3.63) is 0 Å². The largest absolute Gasteiger partial charge is 0.354 e. The average Bonchev–Trinajstić information content (AvgIpc) is 2.98. The van der Waals surface area contributed by atoms with Crippen molar-refractivity contribution in [3.8, 4) is 0 Å². The lowest BCUT2D eigenvalue weighted by Crippen LogP contribution is -2.25. The molecule has 0 radical (unpaired) electrons. The Hall–Kier alpha value is -1.59. The summed E-state index contributed by atoms with van der Waals surface area (Å²) in [5.74, 6) is 2.24. The lowest BCUT2D eigenvalue weighted by atomic mass is 10.4. The van der Waals surface area contributed by atoms with Crippen LogP contribution in [-0.4, -0.2) is 48.2 Å². The van der Waals surface area contributed by atoms with Gasteiger partial charge in [-0.3, -0.25) is 0 Å². The summed E-state index contributed by atoms with van der Waals surface area (Å²) in [5.41, 5.74) is 0. The lowest BCUT2D eigenvalue weighted by Gasteiger charge is -2.20. The highest BCUT2D eigenvalue weighted by Gasteiger charge is 2.18. The monoisotopic (exact) mass is 264 g/mol. The predicted octanol–water partition coefficient (Wildman–Crippen LogP) is 1.75. The van der Waals surface area contributed by atoms with E-state index in [0.717, 1.165) is 44.5 Å². The molecule has 1 saturated heterocycles. The summed E-state index contributed by atoms with van der Waals surface area (Å²) in [6.07, 6.45) is 3.51. The van der Waals surface area contributed by atoms with Gasteiger partial charge in [0, 0.05) is 33.2 Å². The second-order valence-electron chi connectivity index (χ2n) is 4.89. The Morgan fingerprint density at radius 1 is 1.16 bits per heavy atom. The van der Waals surface area contributed by atoms with Crippen LogP contribution in [-0.2, 0) is 0 Å². The molecule has 2 rings (SSSR count). The van der Waals surface area contributed by atoms with Crippen LogP contribution < -0.4 is 15.1 Å². The average molecular weight is 264 g/mol. The van der Waals surface area contributed by atoms with Gasteiger partial charge in [-0.1, -0.05) is 6.92 Å². The molecule has 0 spiro atoms. The maximum Gasteiger partial charge on any atom is 0.231 e. The van der Waals surface area contributed by atoms with Gasteiger partial charge < -0.3 is 15.1 Å². The Morgan fingerprint density at radius 3 is 2.53 bits per heavy atom. The first-order chi connectivity index (χ1) is 9.24. The third-order valence-corrected chi connectivity index (χ3v) is 3.35. The number of nitrogens with one attached hydrogen (secondary N) is 1. The van der Waals surface area contributed by atoms with Gasteiger partial charge >= 0.3 is 0 Å². The number of hydrogen-bond acceptors (Lipinski definition) is 6. The molecule has 1 aliphatic heterocycles. The van der Waals surface area contributed by atoms with Gasteiger partial charge in [0.15, 0.2) is 0 Å². The molecule has 1 N–H and O–H groups in total. The quantitative estimate of drug-likeness (QED) is 0.845. The zero-order chi connectivity index (χ0) is 13.7. The van der Waals surface area contributed by atoms with Gasteiger partial charge in [-0.2, -0.15) is 15.0 Å². The zero-order valence-corrected chi connectivity index (χ0v) is 12.2. The fourth-order valence-corrected chi connectivity index (χ4v) is 2.04. The number of aromatic nitrogens is 3. The van der Waals surface area contributed by atoms with Crippen LogP contribution in [0.5, 0.6) is 0 Å². The highest BCUT2D eigenvalue weighted by atomic mass is 15.4. The van der Waals surface area contributed by atoms with Crippen LogP contribution in [0.3, 0.4) is 0 Å². The molecule has 0 amide bonds. The van der Waals surface area contributed by atoms with E-state index in [9.17, 15) is 0 Å². The number of nitrogens with zero attached hydrogens (tertiary/aromatic N) is 5. The summed E-state index contributed by atoms with van der Waals surface area (Å²) in [5, 5.41) is 3.26. The SMILES string of the molecule is CCCNc1nc(N(C)CC)nc(N2CCCC2)n1. The van der Waals surface area contributed by atoms with Crippen LogP contribution in [0.2, 0.25) is 0 Å². The number of hydrogen-bond donors (Lipinski definition) is 1. The van der Waals surface area contributed by atoms with Gasteiger partial charge in [0.2, 0.25) is 17.8 Å². The minimum Gasteiger partial charge on any atom is -0.354 e. The molecule has 1 aromatic rings. The molecule has 106 valence electrons. The zero-order valence-electron chi connectivity index (χ0n) is 12.2. The van der Waals surface area contributed by atoms with Crippen LogP contribution in [0.25, 0.3) is 0 Å². The normalized spacial score (nSPS) is 14.8. The van der Waals surface area contributed by atoms with Crippen molar-refractivity contribution in [2.24, 2.45) is 0 Å². The fraction of sp³-hybridized carbons (Fsp3) is 0.769. The Bertz CT molecular complexity index is 402. The number of rotatable bonds is 6. The summed E-state index contributed by atoms with van der Waals surface area (Å²) in [6.45, 7) is 8.10. The standard InChI is InChI=1S/C13H24N6/c1-4-8-14-11-15-12(18(3)5-2)17-13(16-11)19-9-6-7-10-19/h4-10H2,1-3H3,(H,14,15,16,17). The second-order valence-corrected chi connectivity index (χ2v) is 4.89. The Morgan fingerprint density at radius 2 is 1.89 bits per heavy atom. The van der Waals surface area contributed by atoms with Crippen molar-refractivity contribution in [1.29, 1.82) is 0 Å². The van der Waals surface area contributed by atoms with E-state index in [1.54, 1.807) is 0 Å².